The Morgan fingerprint density at radius 3 is 2.10 bits per heavy atom. The van der Waals surface area contributed by atoms with Crippen molar-refractivity contribution in [2.24, 2.45) is 11.8 Å². The summed E-state index contributed by atoms with van der Waals surface area (Å²) >= 11 is 0. The molecule has 1 aromatic rings. The van der Waals surface area contributed by atoms with E-state index < -0.39 is 5.92 Å². The van der Waals surface area contributed by atoms with Crippen LogP contribution in [0.2, 0.25) is 0 Å². The molecule has 1 fully saturated rings. The minimum absolute atomic E-state index is 0.0318. The van der Waals surface area contributed by atoms with Crippen LogP contribution in [0.3, 0.4) is 0 Å². The Bertz CT molecular complexity index is 453. The molecule has 0 radical (unpaired) electrons. The maximum atomic E-state index is 13.3. The lowest BCUT2D eigenvalue weighted by molar-refractivity contribution is -0.0497. The maximum absolute atomic E-state index is 13.3. The van der Waals surface area contributed by atoms with Crippen molar-refractivity contribution in [2.75, 3.05) is 0 Å². The first-order valence-electron chi connectivity index (χ1n) is 7.67. The van der Waals surface area contributed by atoms with E-state index in [1.165, 1.54) is 5.56 Å². The zero-order valence-electron chi connectivity index (χ0n) is 13.1. The Hall–Kier alpha value is -1.00. The standard InChI is InChI=1S/C17H26F2N2/c1-16(2,3)14-6-4-12(5-7-14)15(21-20)13-8-10-17(18,19)11-9-13/h4-7,13,15,21H,8-11,20H2,1-3H3. The van der Waals surface area contributed by atoms with Gasteiger partial charge >= 0.3 is 0 Å². The summed E-state index contributed by atoms with van der Waals surface area (Å²) in [5.41, 5.74) is 5.28. The molecule has 1 aromatic carbocycles. The molecule has 0 aromatic heterocycles. The summed E-state index contributed by atoms with van der Waals surface area (Å²) < 4.78 is 26.6. The van der Waals surface area contributed by atoms with Gasteiger partial charge in [0, 0.05) is 18.9 Å². The van der Waals surface area contributed by atoms with E-state index >= 15 is 0 Å². The van der Waals surface area contributed by atoms with E-state index in [1.54, 1.807) is 0 Å². The van der Waals surface area contributed by atoms with E-state index in [1.807, 2.05) is 0 Å². The molecule has 3 N–H and O–H groups in total. The minimum atomic E-state index is -2.49. The lowest BCUT2D eigenvalue weighted by Crippen LogP contribution is -2.37. The first-order chi connectivity index (χ1) is 9.73. The monoisotopic (exact) mass is 296 g/mol. The van der Waals surface area contributed by atoms with Gasteiger partial charge in [0.2, 0.25) is 5.92 Å². The van der Waals surface area contributed by atoms with Crippen LogP contribution in [0, 0.1) is 5.92 Å². The molecule has 1 atom stereocenters. The quantitative estimate of drug-likeness (QED) is 0.644. The van der Waals surface area contributed by atoms with Crippen molar-refractivity contribution in [3.63, 3.8) is 0 Å². The molecular weight excluding hydrogens is 270 g/mol. The molecule has 4 heteroatoms. The number of halogens is 2. The Morgan fingerprint density at radius 1 is 1.14 bits per heavy atom. The van der Waals surface area contributed by atoms with Crippen molar-refractivity contribution < 1.29 is 8.78 Å². The predicted molar refractivity (Wildman–Crippen MR) is 82.1 cm³/mol. The molecule has 1 aliphatic carbocycles. The maximum Gasteiger partial charge on any atom is 0.248 e. The summed E-state index contributed by atoms with van der Waals surface area (Å²) in [4.78, 5) is 0. The van der Waals surface area contributed by atoms with E-state index in [4.69, 9.17) is 5.84 Å². The van der Waals surface area contributed by atoms with Crippen molar-refractivity contribution in [3.05, 3.63) is 35.4 Å². The Labute approximate surface area is 126 Å². The molecule has 0 spiro atoms. The van der Waals surface area contributed by atoms with Gasteiger partial charge in [-0.2, -0.15) is 0 Å². The van der Waals surface area contributed by atoms with Crippen molar-refractivity contribution in [3.8, 4) is 0 Å². The number of hydrazine groups is 1. The number of hydrogen-bond acceptors (Lipinski definition) is 2. The van der Waals surface area contributed by atoms with Crippen LogP contribution < -0.4 is 11.3 Å². The van der Waals surface area contributed by atoms with Crippen LogP contribution in [0.4, 0.5) is 8.78 Å². The van der Waals surface area contributed by atoms with Crippen LogP contribution in [0.15, 0.2) is 24.3 Å². The molecule has 118 valence electrons. The van der Waals surface area contributed by atoms with Crippen molar-refractivity contribution in [1.29, 1.82) is 0 Å². The molecule has 21 heavy (non-hydrogen) atoms. The van der Waals surface area contributed by atoms with Gasteiger partial charge in [-0.15, -0.1) is 0 Å². The van der Waals surface area contributed by atoms with Crippen molar-refractivity contribution in [2.45, 2.75) is 63.8 Å². The number of hydrogen-bond donors (Lipinski definition) is 2. The highest BCUT2D eigenvalue weighted by Crippen LogP contribution is 2.41. The van der Waals surface area contributed by atoms with E-state index in [0.717, 1.165) is 5.56 Å². The highest BCUT2D eigenvalue weighted by Gasteiger charge is 2.37. The van der Waals surface area contributed by atoms with Crippen molar-refractivity contribution in [1.82, 2.24) is 5.43 Å². The van der Waals surface area contributed by atoms with Crippen molar-refractivity contribution >= 4 is 0 Å². The van der Waals surface area contributed by atoms with Crippen LogP contribution in [-0.2, 0) is 5.41 Å². The van der Waals surface area contributed by atoms with E-state index in [9.17, 15) is 8.78 Å². The third kappa shape index (κ3) is 4.01. The fraction of sp³-hybridized carbons (Fsp3) is 0.647. The lowest BCUT2D eigenvalue weighted by atomic mass is 9.79. The third-order valence-electron chi connectivity index (χ3n) is 4.55. The third-order valence-corrected chi connectivity index (χ3v) is 4.55. The Morgan fingerprint density at radius 2 is 1.67 bits per heavy atom. The van der Waals surface area contributed by atoms with Crippen LogP contribution in [-0.4, -0.2) is 5.92 Å². The van der Waals surface area contributed by atoms with Gasteiger partial charge in [0.15, 0.2) is 0 Å². The van der Waals surface area contributed by atoms with E-state index in [0.29, 0.717) is 12.8 Å². The summed E-state index contributed by atoms with van der Waals surface area (Å²) in [6, 6.07) is 8.30. The van der Waals surface area contributed by atoms with Gasteiger partial charge in [0.25, 0.3) is 0 Å². The SMILES string of the molecule is CC(C)(C)c1ccc(C(NN)C2CCC(F)(F)CC2)cc1. The molecule has 0 bridgehead atoms. The second kappa shape index (κ2) is 6.01. The van der Waals surface area contributed by atoms with Crippen LogP contribution >= 0.6 is 0 Å². The molecule has 1 aliphatic rings. The van der Waals surface area contributed by atoms with Gasteiger partial charge in [-0.25, -0.2) is 8.78 Å². The fourth-order valence-corrected chi connectivity index (χ4v) is 3.09. The summed E-state index contributed by atoms with van der Waals surface area (Å²) in [6.07, 6.45) is 0.970. The first-order valence-corrected chi connectivity index (χ1v) is 7.67. The highest BCUT2D eigenvalue weighted by molar-refractivity contribution is 5.29. The van der Waals surface area contributed by atoms with Crippen LogP contribution in [0.25, 0.3) is 0 Å². The highest BCUT2D eigenvalue weighted by atomic mass is 19.3. The second-order valence-corrected chi connectivity index (χ2v) is 7.21. The lowest BCUT2D eigenvalue weighted by Gasteiger charge is -2.34. The minimum Gasteiger partial charge on any atom is -0.271 e. The predicted octanol–water partition coefficient (Wildman–Crippen LogP) is 4.31. The number of nitrogens with two attached hydrogens (primary N) is 1. The summed E-state index contributed by atoms with van der Waals surface area (Å²) in [5, 5.41) is 0. The molecule has 1 saturated carbocycles. The van der Waals surface area contributed by atoms with E-state index in [-0.39, 0.29) is 30.2 Å². The molecule has 0 heterocycles. The molecular formula is C17H26F2N2. The number of alkyl halides is 2. The normalized spacial score (nSPS) is 21.2. The molecule has 2 nitrogen and oxygen atoms in total. The van der Waals surface area contributed by atoms with Gasteiger partial charge < -0.3 is 0 Å². The number of benzene rings is 1. The Kier molecular flexibility index (Phi) is 4.69. The summed E-state index contributed by atoms with van der Waals surface area (Å²) in [7, 11) is 0. The van der Waals surface area contributed by atoms with Gasteiger partial charge in [0.05, 0.1) is 0 Å². The second-order valence-electron chi connectivity index (χ2n) is 7.21. The van der Waals surface area contributed by atoms with Gasteiger partial charge in [-0.3, -0.25) is 11.3 Å². The van der Waals surface area contributed by atoms with Crippen LogP contribution in [0.1, 0.15) is 63.6 Å². The topological polar surface area (TPSA) is 38.0 Å². The van der Waals surface area contributed by atoms with Gasteiger partial charge in [-0.05, 0) is 35.3 Å². The molecule has 2 rings (SSSR count). The summed E-state index contributed by atoms with van der Waals surface area (Å²) in [5.74, 6) is 3.37. The zero-order valence-corrected chi connectivity index (χ0v) is 13.1. The largest absolute Gasteiger partial charge is 0.271 e. The molecule has 0 saturated heterocycles. The average Bonchev–Trinajstić information content (AvgIpc) is 2.41. The smallest absolute Gasteiger partial charge is 0.248 e. The average molecular weight is 296 g/mol. The molecule has 0 amide bonds. The summed E-state index contributed by atoms with van der Waals surface area (Å²) in [6.45, 7) is 6.51. The fourth-order valence-electron chi connectivity index (χ4n) is 3.09. The van der Waals surface area contributed by atoms with Gasteiger partial charge in [-0.1, -0.05) is 45.0 Å². The molecule has 1 unspecified atom stereocenters. The van der Waals surface area contributed by atoms with Gasteiger partial charge in [0.1, 0.15) is 0 Å². The number of nitrogens with one attached hydrogen (secondary N) is 1. The zero-order chi connectivity index (χ0) is 15.7. The van der Waals surface area contributed by atoms with Crippen LogP contribution in [0.5, 0.6) is 0 Å². The first kappa shape index (κ1) is 16.4. The number of rotatable bonds is 3. The Balaban J connectivity index is 2.11. The molecule has 0 aliphatic heterocycles. The van der Waals surface area contributed by atoms with E-state index in [2.05, 4.69) is 50.5 Å².